The van der Waals surface area contributed by atoms with E-state index in [4.69, 9.17) is 27.9 Å². The first kappa shape index (κ1) is 24.5. The van der Waals surface area contributed by atoms with Gasteiger partial charge in [0.1, 0.15) is 11.9 Å². The van der Waals surface area contributed by atoms with Crippen LogP contribution in [0.15, 0.2) is 18.2 Å². The van der Waals surface area contributed by atoms with E-state index in [9.17, 15) is 13.2 Å². The van der Waals surface area contributed by atoms with Gasteiger partial charge in [0.2, 0.25) is 15.9 Å². The number of piperidine rings is 1. The largest absolute Gasteiger partial charge is 0.490 e. The fourth-order valence-corrected chi connectivity index (χ4v) is 8.40. The molecule has 1 aliphatic carbocycles. The second-order valence-electron chi connectivity index (χ2n) is 8.93. The summed E-state index contributed by atoms with van der Waals surface area (Å²) in [6.07, 6.45) is 6.01. The van der Waals surface area contributed by atoms with Crippen molar-refractivity contribution in [1.82, 2.24) is 9.62 Å². The number of thioether (sulfide) groups is 1. The molecule has 0 bridgehead atoms. The standard InChI is InChI=1S/C22H30Cl2N2O4S2/c23-20-6-5-18(13-21(20)24)30-17-7-10-26(11-8-17)16-3-1-15(2-4-16)22(27)25-32(28,29)19-9-12-31-14-19/h5-6,13,15-17,19H,1-4,7-12,14H2,(H,25,27). The summed E-state index contributed by atoms with van der Waals surface area (Å²) in [5.41, 5.74) is 0. The van der Waals surface area contributed by atoms with Gasteiger partial charge in [0.15, 0.2) is 0 Å². The Balaban J connectivity index is 1.20. The highest BCUT2D eigenvalue weighted by atomic mass is 35.5. The van der Waals surface area contributed by atoms with Gasteiger partial charge in [-0.05, 0) is 62.8 Å². The second-order valence-corrected chi connectivity index (χ2v) is 12.9. The molecule has 2 aliphatic heterocycles. The van der Waals surface area contributed by atoms with Gasteiger partial charge < -0.3 is 9.64 Å². The monoisotopic (exact) mass is 520 g/mol. The fraction of sp³-hybridized carbons (Fsp3) is 0.682. The van der Waals surface area contributed by atoms with Crippen LogP contribution in [0.1, 0.15) is 44.9 Å². The number of benzene rings is 1. The molecule has 2 saturated heterocycles. The van der Waals surface area contributed by atoms with Crippen molar-refractivity contribution in [2.24, 2.45) is 5.92 Å². The highest BCUT2D eigenvalue weighted by Crippen LogP contribution is 2.32. The zero-order valence-corrected chi connectivity index (χ0v) is 21.1. The molecule has 1 aromatic rings. The van der Waals surface area contributed by atoms with Gasteiger partial charge in [-0.2, -0.15) is 11.8 Å². The van der Waals surface area contributed by atoms with Gasteiger partial charge in [-0.1, -0.05) is 23.2 Å². The predicted molar refractivity (Wildman–Crippen MR) is 130 cm³/mol. The normalized spacial score (nSPS) is 27.9. The zero-order chi connectivity index (χ0) is 22.7. The van der Waals surface area contributed by atoms with Crippen LogP contribution in [0.5, 0.6) is 5.75 Å². The molecule has 0 aromatic heterocycles. The molecule has 1 amide bonds. The van der Waals surface area contributed by atoms with Gasteiger partial charge in [0.25, 0.3) is 0 Å². The number of sulfonamides is 1. The zero-order valence-electron chi connectivity index (χ0n) is 18.0. The van der Waals surface area contributed by atoms with E-state index >= 15 is 0 Å². The molecule has 1 atom stereocenters. The molecule has 1 N–H and O–H groups in total. The van der Waals surface area contributed by atoms with E-state index in [1.807, 2.05) is 6.07 Å². The van der Waals surface area contributed by atoms with Gasteiger partial charge in [0.05, 0.1) is 15.3 Å². The lowest BCUT2D eigenvalue weighted by Gasteiger charge is -2.40. The Morgan fingerprint density at radius 2 is 1.75 bits per heavy atom. The summed E-state index contributed by atoms with van der Waals surface area (Å²) in [4.78, 5) is 15.1. The first-order valence-corrected chi connectivity index (χ1v) is 14.8. The van der Waals surface area contributed by atoms with Crippen LogP contribution in [0, 0.1) is 5.92 Å². The summed E-state index contributed by atoms with van der Waals surface area (Å²) >= 11 is 13.7. The van der Waals surface area contributed by atoms with E-state index < -0.39 is 15.3 Å². The van der Waals surface area contributed by atoms with Gasteiger partial charge in [-0.25, -0.2) is 8.42 Å². The lowest BCUT2D eigenvalue weighted by atomic mass is 9.84. The molecule has 4 rings (SSSR count). The Morgan fingerprint density at radius 1 is 1.03 bits per heavy atom. The molecule has 3 aliphatic rings. The summed E-state index contributed by atoms with van der Waals surface area (Å²) in [6, 6.07) is 5.81. The number of ether oxygens (including phenoxy) is 1. The molecular weight excluding hydrogens is 491 g/mol. The highest BCUT2D eigenvalue weighted by molar-refractivity contribution is 8.01. The van der Waals surface area contributed by atoms with Crippen molar-refractivity contribution in [3.8, 4) is 5.75 Å². The summed E-state index contributed by atoms with van der Waals surface area (Å²) in [5, 5.41) is 0.589. The van der Waals surface area contributed by atoms with E-state index in [1.54, 1.807) is 23.9 Å². The van der Waals surface area contributed by atoms with Gasteiger partial charge >= 0.3 is 0 Å². The topological polar surface area (TPSA) is 75.7 Å². The van der Waals surface area contributed by atoms with Crippen molar-refractivity contribution >= 4 is 50.9 Å². The molecule has 1 unspecified atom stereocenters. The van der Waals surface area contributed by atoms with Crippen LogP contribution in [-0.2, 0) is 14.8 Å². The average molecular weight is 522 g/mol. The third kappa shape index (κ3) is 6.06. The number of hydrogen-bond donors (Lipinski definition) is 1. The number of nitrogens with zero attached hydrogens (tertiary/aromatic N) is 1. The fourth-order valence-electron chi connectivity index (χ4n) is 4.87. The lowest BCUT2D eigenvalue weighted by molar-refractivity contribution is -0.124. The second kappa shape index (κ2) is 10.7. The molecule has 0 radical (unpaired) electrons. The van der Waals surface area contributed by atoms with Crippen molar-refractivity contribution in [2.45, 2.75) is 62.3 Å². The average Bonchev–Trinajstić information content (AvgIpc) is 3.33. The van der Waals surface area contributed by atoms with Crippen LogP contribution in [0.4, 0.5) is 0 Å². The van der Waals surface area contributed by atoms with E-state index in [1.165, 1.54) is 0 Å². The van der Waals surface area contributed by atoms with E-state index in [0.29, 0.717) is 28.3 Å². The van der Waals surface area contributed by atoms with Crippen LogP contribution in [0.3, 0.4) is 0 Å². The van der Waals surface area contributed by atoms with Crippen LogP contribution in [0.2, 0.25) is 10.0 Å². The van der Waals surface area contributed by atoms with Gasteiger partial charge in [-0.15, -0.1) is 0 Å². The van der Waals surface area contributed by atoms with Crippen molar-refractivity contribution in [1.29, 1.82) is 0 Å². The molecule has 178 valence electrons. The summed E-state index contributed by atoms with van der Waals surface area (Å²) in [5.74, 6) is 1.66. The Bertz CT molecular complexity index is 909. The van der Waals surface area contributed by atoms with Crippen molar-refractivity contribution in [2.75, 3.05) is 24.6 Å². The summed E-state index contributed by atoms with van der Waals surface area (Å²) in [7, 11) is -3.54. The minimum Gasteiger partial charge on any atom is -0.490 e. The van der Waals surface area contributed by atoms with E-state index in [-0.39, 0.29) is 17.9 Å². The number of likely N-dealkylation sites (tertiary alicyclic amines) is 1. The van der Waals surface area contributed by atoms with Crippen molar-refractivity contribution in [3.63, 3.8) is 0 Å². The smallest absolute Gasteiger partial charge is 0.238 e. The van der Waals surface area contributed by atoms with E-state index in [0.717, 1.165) is 63.1 Å². The first-order valence-electron chi connectivity index (χ1n) is 11.3. The molecule has 32 heavy (non-hydrogen) atoms. The maximum atomic E-state index is 12.6. The summed E-state index contributed by atoms with van der Waals surface area (Å²) < 4.78 is 33.3. The molecule has 2 heterocycles. The number of nitrogens with one attached hydrogen (secondary N) is 1. The Morgan fingerprint density at radius 3 is 2.38 bits per heavy atom. The molecule has 3 fully saturated rings. The molecule has 10 heteroatoms. The minimum absolute atomic E-state index is 0.157. The number of halogens is 2. The lowest BCUT2D eigenvalue weighted by Crippen LogP contribution is -2.47. The third-order valence-electron chi connectivity index (χ3n) is 6.82. The van der Waals surface area contributed by atoms with Gasteiger partial charge in [0, 0.05) is 36.9 Å². The van der Waals surface area contributed by atoms with Crippen LogP contribution < -0.4 is 9.46 Å². The van der Waals surface area contributed by atoms with Crippen molar-refractivity contribution < 1.29 is 17.9 Å². The van der Waals surface area contributed by atoms with Crippen LogP contribution in [0.25, 0.3) is 0 Å². The number of carbonyl (C=O) groups is 1. The number of rotatable bonds is 6. The quantitative estimate of drug-likeness (QED) is 0.600. The van der Waals surface area contributed by atoms with Crippen LogP contribution in [-0.4, -0.2) is 61.2 Å². The minimum atomic E-state index is -3.54. The first-order chi connectivity index (χ1) is 15.3. The highest BCUT2D eigenvalue weighted by Gasteiger charge is 2.35. The Labute approximate surface area is 204 Å². The molecule has 6 nitrogen and oxygen atoms in total. The third-order valence-corrected chi connectivity index (χ3v) is 10.7. The number of carbonyl (C=O) groups excluding carboxylic acids is 1. The maximum absolute atomic E-state index is 12.6. The molecule has 1 aromatic carbocycles. The number of hydrogen-bond acceptors (Lipinski definition) is 6. The molecule has 1 saturated carbocycles. The maximum Gasteiger partial charge on any atom is 0.238 e. The molecular formula is C22H30Cl2N2O4S2. The Hall–Kier alpha value is -0.670. The Kier molecular flexibility index (Phi) is 8.19. The molecule has 0 spiro atoms. The SMILES string of the molecule is O=C(NS(=O)(=O)C1CCSC1)C1CCC(N2CCC(Oc3ccc(Cl)c(Cl)c3)CC2)CC1. The summed E-state index contributed by atoms with van der Waals surface area (Å²) in [6.45, 7) is 1.92. The number of amides is 1. The van der Waals surface area contributed by atoms with Gasteiger partial charge in [-0.3, -0.25) is 9.52 Å². The van der Waals surface area contributed by atoms with Crippen molar-refractivity contribution in [3.05, 3.63) is 28.2 Å². The van der Waals surface area contributed by atoms with E-state index in [2.05, 4.69) is 9.62 Å². The predicted octanol–water partition coefficient (Wildman–Crippen LogP) is 4.35. The van der Waals surface area contributed by atoms with Crippen LogP contribution >= 0.6 is 35.0 Å².